The molecule has 0 aliphatic carbocycles. The Morgan fingerprint density at radius 1 is 0.724 bits per heavy atom. The van der Waals surface area contributed by atoms with Crippen molar-refractivity contribution in [1.29, 1.82) is 0 Å². The van der Waals surface area contributed by atoms with Gasteiger partial charge in [-0.25, -0.2) is 0 Å². The highest BCUT2D eigenvalue weighted by atomic mass is 35.5. The van der Waals surface area contributed by atoms with Gasteiger partial charge in [-0.15, -0.1) is 0 Å². The summed E-state index contributed by atoms with van der Waals surface area (Å²) >= 11 is 5.98. The zero-order valence-electron chi connectivity index (χ0n) is 16.8. The highest BCUT2D eigenvalue weighted by Crippen LogP contribution is 2.20. The van der Waals surface area contributed by atoms with Crippen LogP contribution in [0.2, 0.25) is 5.02 Å². The molecular formula is C23H29ClN4O. The van der Waals surface area contributed by atoms with E-state index in [4.69, 9.17) is 11.6 Å². The number of nitrogens with zero attached hydrogens (tertiary/aromatic N) is 4. The lowest BCUT2D eigenvalue weighted by molar-refractivity contribution is -0.131. The largest absolute Gasteiger partial charge is 0.369 e. The molecule has 6 heteroatoms. The Labute approximate surface area is 178 Å². The zero-order valence-corrected chi connectivity index (χ0v) is 17.6. The van der Waals surface area contributed by atoms with E-state index < -0.39 is 0 Å². The summed E-state index contributed by atoms with van der Waals surface area (Å²) in [6.45, 7) is 8.29. The fourth-order valence-electron chi connectivity index (χ4n) is 4.15. The number of hydrogen-bond donors (Lipinski definition) is 0. The number of amides is 1. The summed E-state index contributed by atoms with van der Waals surface area (Å²) in [6.07, 6.45) is 0.617. The Morgan fingerprint density at radius 2 is 1.28 bits per heavy atom. The first-order chi connectivity index (χ1) is 14.2. The number of carbonyl (C=O) groups is 1. The smallest absolute Gasteiger partial charge is 0.223 e. The average Bonchev–Trinajstić information content (AvgIpc) is 2.79. The molecule has 0 aromatic heterocycles. The zero-order chi connectivity index (χ0) is 20.1. The molecular weight excluding hydrogens is 384 g/mol. The van der Waals surface area contributed by atoms with Crippen LogP contribution in [0.15, 0.2) is 54.6 Å². The molecule has 0 atom stereocenters. The number of anilines is 2. The third kappa shape index (κ3) is 5.22. The minimum atomic E-state index is 0.290. The molecule has 2 aromatic rings. The Morgan fingerprint density at radius 3 is 1.90 bits per heavy atom. The molecule has 0 saturated carbocycles. The number of piperazine rings is 2. The summed E-state index contributed by atoms with van der Waals surface area (Å²) in [5.74, 6) is 0.290. The second-order valence-electron chi connectivity index (χ2n) is 7.76. The van der Waals surface area contributed by atoms with Gasteiger partial charge in [0.05, 0.1) is 0 Å². The molecule has 0 unspecified atom stereocenters. The van der Waals surface area contributed by atoms with E-state index in [1.165, 1.54) is 11.4 Å². The van der Waals surface area contributed by atoms with Gasteiger partial charge in [0.25, 0.3) is 0 Å². The lowest BCUT2D eigenvalue weighted by atomic mass is 10.2. The number of benzene rings is 2. The van der Waals surface area contributed by atoms with E-state index in [-0.39, 0.29) is 5.91 Å². The standard InChI is InChI=1S/C23H29ClN4O/c24-20-6-8-22(9-7-20)26-14-12-25(13-15-26)11-10-23(29)28-18-16-27(17-19-28)21-4-2-1-3-5-21/h1-9H,10-19H2. The second kappa shape index (κ2) is 9.51. The Hall–Kier alpha value is -2.24. The predicted molar refractivity (Wildman–Crippen MR) is 120 cm³/mol. The maximum atomic E-state index is 12.7. The molecule has 0 N–H and O–H groups in total. The molecule has 2 fully saturated rings. The lowest BCUT2D eigenvalue weighted by Crippen LogP contribution is -2.50. The summed E-state index contributed by atoms with van der Waals surface area (Å²) in [5.41, 5.74) is 2.47. The molecule has 1 amide bonds. The van der Waals surface area contributed by atoms with E-state index in [1.54, 1.807) is 0 Å². The molecule has 2 aromatic carbocycles. The van der Waals surface area contributed by atoms with Crippen molar-refractivity contribution in [3.05, 3.63) is 59.6 Å². The van der Waals surface area contributed by atoms with Crippen LogP contribution in [0.1, 0.15) is 6.42 Å². The maximum absolute atomic E-state index is 12.7. The predicted octanol–water partition coefficient (Wildman–Crippen LogP) is 3.20. The van der Waals surface area contributed by atoms with Crippen LogP contribution in [0.5, 0.6) is 0 Å². The van der Waals surface area contributed by atoms with Gasteiger partial charge in [0.15, 0.2) is 0 Å². The van der Waals surface area contributed by atoms with Crippen molar-refractivity contribution in [1.82, 2.24) is 9.80 Å². The minimum Gasteiger partial charge on any atom is -0.369 e. The molecule has 2 aliphatic heterocycles. The number of para-hydroxylation sites is 1. The molecule has 0 bridgehead atoms. The van der Waals surface area contributed by atoms with E-state index >= 15 is 0 Å². The fraction of sp³-hybridized carbons (Fsp3) is 0.435. The SMILES string of the molecule is O=C(CCN1CCN(c2ccc(Cl)cc2)CC1)N1CCN(c2ccccc2)CC1. The van der Waals surface area contributed by atoms with E-state index in [1.807, 2.05) is 23.1 Å². The molecule has 2 aliphatic rings. The van der Waals surface area contributed by atoms with Crippen molar-refractivity contribution in [2.45, 2.75) is 6.42 Å². The van der Waals surface area contributed by atoms with E-state index in [2.05, 4.69) is 51.1 Å². The highest BCUT2D eigenvalue weighted by Gasteiger charge is 2.23. The van der Waals surface area contributed by atoms with Gasteiger partial charge in [-0.05, 0) is 36.4 Å². The Balaban J connectivity index is 1.17. The van der Waals surface area contributed by atoms with Crippen molar-refractivity contribution < 1.29 is 4.79 Å². The summed E-state index contributed by atoms with van der Waals surface area (Å²) in [4.78, 5) is 21.8. The van der Waals surface area contributed by atoms with Crippen LogP contribution < -0.4 is 9.80 Å². The van der Waals surface area contributed by atoms with Gasteiger partial charge in [0.2, 0.25) is 5.91 Å². The minimum absolute atomic E-state index is 0.290. The quantitative estimate of drug-likeness (QED) is 0.754. The van der Waals surface area contributed by atoms with Gasteiger partial charge in [0.1, 0.15) is 0 Å². The van der Waals surface area contributed by atoms with Crippen LogP contribution in [0, 0.1) is 0 Å². The van der Waals surface area contributed by atoms with Gasteiger partial charge < -0.3 is 14.7 Å². The first-order valence-corrected chi connectivity index (χ1v) is 10.9. The number of halogens is 1. The third-order valence-corrected chi connectivity index (χ3v) is 6.21. The summed E-state index contributed by atoms with van der Waals surface area (Å²) < 4.78 is 0. The second-order valence-corrected chi connectivity index (χ2v) is 8.19. The highest BCUT2D eigenvalue weighted by molar-refractivity contribution is 6.30. The van der Waals surface area contributed by atoms with Gasteiger partial charge in [0, 0.05) is 81.7 Å². The number of hydrogen-bond acceptors (Lipinski definition) is 4. The van der Waals surface area contributed by atoms with Crippen molar-refractivity contribution in [2.24, 2.45) is 0 Å². The first-order valence-electron chi connectivity index (χ1n) is 10.5. The number of rotatable bonds is 5. The molecule has 0 radical (unpaired) electrons. The van der Waals surface area contributed by atoms with Crippen molar-refractivity contribution >= 4 is 28.9 Å². The van der Waals surface area contributed by atoms with Crippen LogP contribution in [0.4, 0.5) is 11.4 Å². The normalized spacial score (nSPS) is 18.2. The number of carbonyl (C=O) groups excluding carboxylic acids is 1. The van der Waals surface area contributed by atoms with Gasteiger partial charge in [-0.1, -0.05) is 29.8 Å². The molecule has 154 valence electrons. The monoisotopic (exact) mass is 412 g/mol. The van der Waals surface area contributed by atoms with Gasteiger partial charge in [-0.2, -0.15) is 0 Å². The van der Waals surface area contributed by atoms with Gasteiger partial charge in [-0.3, -0.25) is 9.69 Å². The van der Waals surface area contributed by atoms with Crippen molar-refractivity contribution in [3.63, 3.8) is 0 Å². The van der Waals surface area contributed by atoms with Crippen LogP contribution in [0.3, 0.4) is 0 Å². The van der Waals surface area contributed by atoms with Crippen LogP contribution in [-0.4, -0.2) is 74.6 Å². The lowest BCUT2D eigenvalue weighted by Gasteiger charge is -2.38. The third-order valence-electron chi connectivity index (χ3n) is 5.96. The summed E-state index contributed by atoms with van der Waals surface area (Å²) in [5, 5.41) is 0.774. The molecule has 2 heterocycles. The Bertz CT molecular complexity index is 782. The topological polar surface area (TPSA) is 30.0 Å². The molecule has 29 heavy (non-hydrogen) atoms. The van der Waals surface area contributed by atoms with E-state index in [9.17, 15) is 4.79 Å². The molecule has 0 spiro atoms. The summed E-state index contributed by atoms with van der Waals surface area (Å²) in [7, 11) is 0. The molecule has 5 nitrogen and oxygen atoms in total. The average molecular weight is 413 g/mol. The van der Waals surface area contributed by atoms with Crippen LogP contribution in [-0.2, 0) is 4.79 Å². The maximum Gasteiger partial charge on any atom is 0.223 e. The summed E-state index contributed by atoms with van der Waals surface area (Å²) in [6, 6.07) is 18.5. The molecule has 2 saturated heterocycles. The first kappa shape index (κ1) is 20.0. The van der Waals surface area contributed by atoms with Crippen LogP contribution >= 0.6 is 11.6 Å². The Kier molecular flexibility index (Phi) is 6.57. The molecule has 4 rings (SSSR count). The van der Waals surface area contributed by atoms with E-state index in [0.29, 0.717) is 6.42 Å². The van der Waals surface area contributed by atoms with Crippen molar-refractivity contribution in [3.8, 4) is 0 Å². The van der Waals surface area contributed by atoms with E-state index in [0.717, 1.165) is 63.9 Å². The van der Waals surface area contributed by atoms with Crippen molar-refractivity contribution in [2.75, 3.05) is 68.7 Å². The van der Waals surface area contributed by atoms with Gasteiger partial charge >= 0.3 is 0 Å². The van der Waals surface area contributed by atoms with Crippen LogP contribution in [0.25, 0.3) is 0 Å². The fourth-order valence-corrected chi connectivity index (χ4v) is 4.27.